The molecule has 0 saturated carbocycles. The Kier molecular flexibility index (Phi) is 6.39. The molecule has 0 spiro atoms. The number of rotatable bonds is 7. The number of nitrogens with zero attached hydrogens (tertiary/aromatic N) is 2. The summed E-state index contributed by atoms with van der Waals surface area (Å²) < 4.78 is 0. The lowest BCUT2D eigenvalue weighted by Crippen LogP contribution is -2.57. The van der Waals surface area contributed by atoms with E-state index in [0.717, 1.165) is 6.54 Å². The molecule has 1 aromatic rings. The molecule has 2 amide bonds. The molecule has 1 heterocycles. The molecule has 0 aromatic heterocycles. The van der Waals surface area contributed by atoms with Gasteiger partial charge in [0, 0.05) is 45.3 Å². The lowest BCUT2D eigenvalue weighted by Gasteiger charge is -2.41. The van der Waals surface area contributed by atoms with Crippen LogP contribution in [0.15, 0.2) is 30.3 Å². The van der Waals surface area contributed by atoms with Gasteiger partial charge in [-0.2, -0.15) is 0 Å². The largest absolute Gasteiger partial charge is 0.465 e. The molecule has 1 aliphatic heterocycles. The number of carboxylic acid groups (broad SMARTS) is 1. The number of hydrogen-bond donors (Lipinski definition) is 3. The maximum Gasteiger partial charge on any atom is 0.407 e. The lowest BCUT2D eigenvalue weighted by atomic mass is 9.92. The first kappa shape index (κ1) is 19.2. The normalized spacial score (nSPS) is 19.0. The zero-order chi connectivity index (χ0) is 18.4. The van der Waals surface area contributed by atoms with Crippen LogP contribution in [0.25, 0.3) is 0 Å². The summed E-state index contributed by atoms with van der Waals surface area (Å²) in [5.74, 6) is -0.350. The second kappa shape index (κ2) is 8.31. The van der Waals surface area contributed by atoms with Gasteiger partial charge in [0.2, 0.25) is 5.91 Å². The second-order valence-electron chi connectivity index (χ2n) is 7.22. The van der Waals surface area contributed by atoms with Gasteiger partial charge in [-0.15, -0.1) is 0 Å². The van der Waals surface area contributed by atoms with Crippen molar-refractivity contribution in [2.45, 2.75) is 26.4 Å². The quantitative estimate of drug-likeness (QED) is 0.681. The summed E-state index contributed by atoms with van der Waals surface area (Å²) >= 11 is 0. The zero-order valence-corrected chi connectivity index (χ0v) is 14.9. The van der Waals surface area contributed by atoms with Crippen molar-refractivity contribution in [1.82, 2.24) is 15.1 Å². The number of hydrogen-bond acceptors (Lipinski definition) is 4. The SMILES string of the molecule is CC(C)(CNCC1CN(C(=O)O)CCN1Cc1ccccc1)C(N)=O. The van der Waals surface area contributed by atoms with Gasteiger partial charge in [0.25, 0.3) is 0 Å². The number of primary amides is 1. The van der Waals surface area contributed by atoms with Crippen LogP contribution in [-0.4, -0.2) is 65.7 Å². The minimum Gasteiger partial charge on any atom is -0.465 e. The summed E-state index contributed by atoms with van der Waals surface area (Å²) in [6.07, 6.45) is -0.887. The van der Waals surface area contributed by atoms with Crippen molar-refractivity contribution < 1.29 is 14.7 Å². The summed E-state index contributed by atoms with van der Waals surface area (Å²) in [4.78, 5) is 26.5. The molecule has 2 rings (SSSR count). The molecular weight excluding hydrogens is 320 g/mol. The van der Waals surface area contributed by atoms with Gasteiger partial charge in [0.15, 0.2) is 0 Å². The Morgan fingerprint density at radius 2 is 1.96 bits per heavy atom. The van der Waals surface area contributed by atoms with Gasteiger partial charge in [-0.25, -0.2) is 4.79 Å². The van der Waals surface area contributed by atoms with E-state index >= 15 is 0 Å². The molecule has 1 fully saturated rings. The predicted molar refractivity (Wildman–Crippen MR) is 96.1 cm³/mol. The van der Waals surface area contributed by atoms with Crippen molar-refractivity contribution in [3.63, 3.8) is 0 Å². The highest BCUT2D eigenvalue weighted by Gasteiger charge is 2.30. The maximum absolute atomic E-state index is 11.4. The minimum atomic E-state index is -0.887. The molecule has 1 aliphatic rings. The van der Waals surface area contributed by atoms with Crippen molar-refractivity contribution in [3.8, 4) is 0 Å². The topological polar surface area (TPSA) is 98.9 Å². The van der Waals surface area contributed by atoms with Crippen LogP contribution >= 0.6 is 0 Å². The van der Waals surface area contributed by atoms with Crippen LogP contribution in [0.5, 0.6) is 0 Å². The third kappa shape index (κ3) is 5.44. The number of carbonyl (C=O) groups is 2. The van der Waals surface area contributed by atoms with E-state index in [0.29, 0.717) is 32.7 Å². The fourth-order valence-electron chi connectivity index (χ4n) is 2.92. The van der Waals surface area contributed by atoms with Gasteiger partial charge in [-0.1, -0.05) is 30.3 Å². The summed E-state index contributed by atoms with van der Waals surface area (Å²) in [6, 6.07) is 10.2. The Hall–Kier alpha value is -2.12. The Balaban J connectivity index is 1.99. The van der Waals surface area contributed by atoms with E-state index in [-0.39, 0.29) is 11.9 Å². The Labute approximate surface area is 148 Å². The van der Waals surface area contributed by atoms with E-state index in [4.69, 9.17) is 5.73 Å². The number of benzene rings is 1. The van der Waals surface area contributed by atoms with Crippen molar-refractivity contribution in [1.29, 1.82) is 0 Å². The van der Waals surface area contributed by atoms with Crippen LogP contribution in [0.3, 0.4) is 0 Å². The predicted octanol–water partition coefficient (Wildman–Crippen LogP) is 0.952. The lowest BCUT2D eigenvalue weighted by molar-refractivity contribution is -0.125. The number of amides is 2. The van der Waals surface area contributed by atoms with Gasteiger partial charge < -0.3 is 21.1 Å². The Morgan fingerprint density at radius 3 is 2.56 bits per heavy atom. The fraction of sp³-hybridized carbons (Fsp3) is 0.556. The Morgan fingerprint density at radius 1 is 1.28 bits per heavy atom. The monoisotopic (exact) mass is 348 g/mol. The molecule has 138 valence electrons. The van der Waals surface area contributed by atoms with Crippen molar-refractivity contribution in [2.75, 3.05) is 32.7 Å². The van der Waals surface area contributed by atoms with Crippen LogP contribution in [0.2, 0.25) is 0 Å². The smallest absolute Gasteiger partial charge is 0.407 e. The molecular formula is C18H28N4O3. The Bertz CT molecular complexity index is 591. The summed E-state index contributed by atoms with van der Waals surface area (Å²) in [6.45, 7) is 7.09. The number of nitrogens with one attached hydrogen (secondary N) is 1. The molecule has 1 atom stereocenters. The molecule has 0 bridgehead atoms. The van der Waals surface area contributed by atoms with E-state index in [9.17, 15) is 14.7 Å². The number of piperazine rings is 1. The molecule has 25 heavy (non-hydrogen) atoms. The molecule has 1 unspecified atom stereocenters. The average molecular weight is 348 g/mol. The zero-order valence-electron chi connectivity index (χ0n) is 14.9. The first-order chi connectivity index (χ1) is 11.8. The van der Waals surface area contributed by atoms with E-state index in [1.807, 2.05) is 18.2 Å². The standard InChI is InChI=1S/C18H28N4O3/c1-18(2,16(19)23)13-20-10-15-12-22(17(24)25)9-8-21(15)11-14-6-4-3-5-7-14/h3-7,15,20H,8-13H2,1-2H3,(H2,19,23)(H,24,25). The van der Waals surface area contributed by atoms with Gasteiger partial charge in [-0.05, 0) is 19.4 Å². The first-order valence-electron chi connectivity index (χ1n) is 8.56. The molecule has 0 aliphatic carbocycles. The van der Waals surface area contributed by atoms with Crippen LogP contribution in [0, 0.1) is 5.41 Å². The fourth-order valence-corrected chi connectivity index (χ4v) is 2.92. The average Bonchev–Trinajstić information content (AvgIpc) is 2.56. The van der Waals surface area contributed by atoms with Gasteiger partial charge in [0.1, 0.15) is 0 Å². The highest BCUT2D eigenvalue weighted by molar-refractivity contribution is 5.80. The third-order valence-corrected chi connectivity index (χ3v) is 4.72. The molecule has 7 nitrogen and oxygen atoms in total. The molecule has 1 saturated heterocycles. The van der Waals surface area contributed by atoms with E-state index in [1.54, 1.807) is 13.8 Å². The van der Waals surface area contributed by atoms with Crippen LogP contribution in [-0.2, 0) is 11.3 Å². The molecule has 0 radical (unpaired) electrons. The van der Waals surface area contributed by atoms with Crippen molar-refractivity contribution in [3.05, 3.63) is 35.9 Å². The van der Waals surface area contributed by atoms with Crippen molar-refractivity contribution in [2.24, 2.45) is 11.1 Å². The van der Waals surface area contributed by atoms with Crippen LogP contribution in [0.1, 0.15) is 19.4 Å². The summed E-state index contributed by atoms with van der Waals surface area (Å²) in [5, 5.41) is 12.6. The second-order valence-corrected chi connectivity index (χ2v) is 7.22. The van der Waals surface area contributed by atoms with E-state index < -0.39 is 11.5 Å². The highest BCUT2D eigenvalue weighted by atomic mass is 16.4. The maximum atomic E-state index is 11.4. The highest BCUT2D eigenvalue weighted by Crippen LogP contribution is 2.16. The molecule has 1 aromatic carbocycles. The number of nitrogens with two attached hydrogens (primary N) is 1. The van der Waals surface area contributed by atoms with Gasteiger partial charge >= 0.3 is 6.09 Å². The van der Waals surface area contributed by atoms with E-state index in [1.165, 1.54) is 10.5 Å². The summed E-state index contributed by atoms with van der Waals surface area (Å²) in [5.41, 5.74) is 5.97. The third-order valence-electron chi connectivity index (χ3n) is 4.72. The van der Waals surface area contributed by atoms with Gasteiger partial charge in [-0.3, -0.25) is 9.69 Å². The molecule has 4 N–H and O–H groups in total. The van der Waals surface area contributed by atoms with Crippen LogP contribution < -0.4 is 11.1 Å². The van der Waals surface area contributed by atoms with Crippen LogP contribution in [0.4, 0.5) is 4.79 Å². The first-order valence-corrected chi connectivity index (χ1v) is 8.56. The molecule has 7 heteroatoms. The number of carbonyl (C=O) groups excluding carboxylic acids is 1. The van der Waals surface area contributed by atoms with Gasteiger partial charge in [0.05, 0.1) is 5.41 Å². The van der Waals surface area contributed by atoms with E-state index in [2.05, 4.69) is 22.3 Å². The summed E-state index contributed by atoms with van der Waals surface area (Å²) in [7, 11) is 0. The van der Waals surface area contributed by atoms with Crippen molar-refractivity contribution >= 4 is 12.0 Å². The minimum absolute atomic E-state index is 0.0498.